The molecule has 1 unspecified atom stereocenters. The number of hydrogen-bond acceptors (Lipinski definition) is 4. The average molecular weight is 412 g/mol. The van der Waals surface area contributed by atoms with Crippen LogP contribution in [0.2, 0.25) is 0 Å². The number of ether oxygens (including phenoxy) is 2. The predicted octanol–water partition coefficient (Wildman–Crippen LogP) is 4.20. The van der Waals surface area contributed by atoms with Crippen LogP contribution in [0.1, 0.15) is 30.9 Å². The Morgan fingerprint density at radius 1 is 1.23 bits per heavy atom. The van der Waals surface area contributed by atoms with Crippen molar-refractivity contribution in [3.8, 4) is 5.75 Å². The molecule has 1 atom stereocenters. The Hall–Kier alpha value is -2.57. The van der Waals surface area contributed by atoms with Crippen LogP contribution in [0.4, 0.5) is 10.5 Å². The van der Waals surface area contributed by atoms with Crippen LogP contribution in [0.5, 0.6) is 5.75 Å². The summed E-state index contributed by atoms with van der Waals surface area (Å²) in [5.41, 5.74) is 3.05. The average Bonchev–Trinajstić information content (AvgIpc) is 2.75. The summed E-state index contributed by atoms with van der Waals surface area (Å²) in [4.78, 5) is 14.7. The molecule has 6 heteroatoms. The van der Waals surface area contributed by atoms with Gasteiger partial charge in [-0.1, -0.05) is 43.7 Å². The minimum absolute atomic E-state index is 0.0105. The van der Waals surface area contributed by atoms with E-state index in [1.807, 2.05) is 31.2 Å². The van der Waals surface area contributed by atoms with Crippen LogP contribution in [0, 0.1) is 6.92 Å². The quantitative estimate of drug-likeness (QED) is 0.607. The Morgan fingerprint density at radius 2 is 2.07 bits per heavy atom. The number of nitrogens with zero attached hydrogens (tertiary/aromatic N) is 1. The molecule has 2 N–H and O–H groups in total. The number of anilines is 1. The number of amides is 2. The smallest absolute Gasteiger partial charge is 0.319 e. The number of aryl methyl sites for hydroxylation is 1. The summed E-state index contributed by atoms with van der Waals surface area (Å²) in [5.74, 6) is 0.834. The van der Waals surface area contributed by atoms with Crippen molar-refractivity contribution in [3.63, 3.8) is 0 Å². The van der Waals surface area contributed by atoms with Gasteiger partial charge >= 0.3 is 6.03 Å². The Morgan fingerprint density at radius 3 is 2.83 bits per heavy atom. The summed E-state index contributed by atoms with van der Waals surface area (Å²) in [6.45, 7) is 8.59. The van der Waals surface area contributed by atoms with Crippen molar-refractivity contribution in [2.24, 2.45) is 0 Å². The molecule has 0 spiro atoms. The molecule has 1 aliphatic rings. The van der Waals surface area contributed by atoms with Crippen molar-refractivity contribution in [2.75, 3.05) is 38.2 Å². The number of benzene rings is 2. The van der Waals surface area contributed by atoms with Gasteiger partial charge in [-0.3, -0.25) is 4.90 Å². The lowest BCUT2D eigenvalue weighted by atomic mass is 10.2. The summed E-state index contributed by atoms with van der Waals surface area (Å²) < 4.78 is 11.5. The van der Waals surface area contributed by atoms with Gasteiger partial charge in [0.25, 0.3) is 0 Å². The SMILES string of the molecule is CCCCOc1ccc(NC(=O)NCC2CN(Cc3ccccc3)CCO2)c(C)c1. The second-order valence-corrected chi connectivity index (χ2v) is 7.73. The highest BCUT2D eigenvalue weighted by molar-refractivity contribution is 5.90. The molecule has 3 rings (SSSR count). The Kier molecular flexibility index (Phi) is 8.53. The molecule has 1 aliphatic heterocycles. The number of hydrogen-bond donors (Lipinski definition) is 2. The highest BCUT2D eigenvalue weighted by atomic mass is 16.5. The predicted molar refractivity (Wildman–Crippen MR) is 120 cm³/mol. The number of urea groups is 1. The lowest BCUT2D eigenvalue weighted by Gasteiger charge is -2.33. The number of carbonyl (C=O) groups is 1. The fraction of sp³-hybridized carbons (Fsp3) is 0.458. The van der Waals surface area contributed by atoms with Crippen LogP contribution in [-0.4, -0.2) is 49.9 Å². The zero-order valence-corrected chi connectivity index (χ0v) is 18.0. The maximum atomic E-state index is 12.4. The van der Waals surface area contributed by atoms with Gasteiger partial charge in [0, 0.05) is 31.9 Å². The molecule has 1 heterocycles. The second kappa shape index (κ2) is 11.6. The topological polar surface area (TPSA) is 62.8 Å². The molecule has 0 aromatic heterocycles. The lowest BCUT2D eigenvalue weighted by Crippen LogP contribution is -2.47. The van der Waals surface area contributed by atoms with Gasteiger partial charge in [0.2, 0.25) is 0 Å². The summed E-state index contributed by atoms with van der Waals surface area (Å²) >= 11 is 0. The Labute approximate surface area is 179 Å². The number of morpholine rings is 1. The van der Waals surface area contributed by atoms with Gasteiger partial charge < -0.3 is 20.1 Å². The number of nitrogens with one attached hydrogen (secondary N) is 2. The van der Waals surface area contributed by atoms with E-state index in [1.165, 1.54) is 5.56 Å². The molecule has 162 valence electrons. The van der Waals surface area contributed by atoms with E-state index in [2.05, 4.69) is 46.7 Å². The van der Waals surface area contributed by atoms with E-state index in [4.69, 9.17) is 9.47 Å². The van der Waals surface area contributed by atoms with Gasteiger partial charge in [-0.2, -0.15) is 0 Å². The van der Waals surface area contributed by atoms with Crippen LogP contribution in [0.15, 0.2) is 48.5 Å². The number of unbranched alkanes of at least 4 members (excludes halogenated alkanes) is 1. The van der Waals surface area contributed by atoms with Crippen molar-refractivity contribution < 1.29 is 14.3 Å². The molecule has 0 aliphatic carbocycles. The van der Waals surface area contributed by atoms with Gasteiger partial charge in [-0.05, 0) is 42.7 Å². The summed E-state index contributed by atoms with van der Waals surface area (Å²) in [7, 11) is 0. The van der Waals surface area contributed by atoms with Crippen LogP contribution in [0.3, 0.4) is 0 Å². The van der Waals surface area contributed by atoms with Crippen LogP contribution < -0.4 is 15.4 Å². The Balaban J connectivity index is 1.42. The van der Waals surface area contributed by atoms with E-state index in [9.17, 15) is 4.79 Å². The summed E-state index contributed by atoms with van der Waals surface area (Å²) in [6, 6.07) is 15.9. The largest absolute Gasteiger partial charge is 0.494 e. The lowest BCUT2D eigenvalue weighted by molar-refractivity contribution is -0.0285. The first-order valence-electron chi connectivity index (χ1n) is 10.8. The summed E-state index contributed by atoms with van der Waals surface area (Å²) in [6.07, 6.45) is 2.13. The third-order valence-electron chi connectivity index (χ3n) is 5.17. The highest BCUT2D eigenvalue weighted by Gasteiger charge is 2.21. The molecule has 0 saturated carbocycles. The number of carbonyl (C=O) groups excluding carboxylic acids is 1. The van der Waals surface area contributed by atoms with E-state index in [-0.39, 0.29) is 12.1 Å². The van der Waals surface area contributed by atoms with Gasteiger partial charge in [0.15, 0.2) is 0 Å². The molecular weight excluding hydrogens is 378 g/mol. The van der Waals surface area contributed by atoms with Crippen molar-refractivity contribution in [1.29, 1.82) is 0 Å². The van der Waals surface area contributed by atoms with E-state index in [0.29, 0.717) is 19.8 Å². The Bertz CT molecular complexity index is 798. The molecule has 1 fully saturated rings. The molecule has 2 amide bonds. The fourth-order valence-corrected chi connectivity index (χ4v) is 3.46. The minimum atomic E-state index is -0.221. The maximum Gasteiger partial charge on any atom is 0.319 e. The molecule has 6 nitrogen and oxygen atoms in total. The second-order valence-electron chi connectivity index (χ2n) is 7.73. The van der Waals surface area contributed by atoms with Crippen molar-refractivity contribution >= 4 is 11.7 Å². The fourth-order valence-electron chi connectivity index (χ4n) is 3.46. The maximum absolute atomic E-state index is 12.4. The van der Waals surface area contributed by atoms with Gasteiger partial charge in [-0.15, -0.1) is 0 Å². The van der Waals surface area contributed by atoms with Crippen molar-refractivity contribution in [2.45, 2.75) is 39.3 Å². The van der Waals surface area contributed by atoms with Crippen LogP contribution >= 0.6 is 0 Å². The van der Waals surface area contributed by atoms with Crippen molar-refractivity contribution in [3.05, 3.63) is 59.7 Å². The van der Waals surface area contributed by atoms with E-state index in [0.717, 1.165) is 49.5 Å². The number of rotatable bonds is 9. The molecule has 30 heavy (non-hydrogen) atoms. The highest BCUT2D eigenvalue weighted by Crippen LogP contribution is 2.21. The van der Waals surface area contributed by atoms with Gasteiger partial charge in [0.05, 0.1) is 19.3 Å². The monoisotopic (exact) mass is 411 g/mol. The molecule has 0 bridgehead atoms. The van der Waals surface area contributed by atoms with Crippen molar-refractivity contribution in [1.82, 2.24) is 10.2 Å². The van der Waals surface area contributed by atoms with E-state index in [1.54, 1.807) is 0 Å². The molecule has 2 aromatic carbocycles. The summed E-state index contributed by atoms with van der Waals surface area (Å²) in [5, 5.41) is 5.86. The zero-order valence-electron chi connectivity index (χ0n) is 18.0. The molecular formula is C24H33N3O3. The molecule has 1 saturated heterocycles. The standard InChI is InChI=1S/C24H33N3O3/c1-3-4-13-29-21-10-11-23(19(2)15-21)26-24(28)25-16-22-18-27(12-14-30-22)17-20-8-6-5-7-9-20/h5-11,15,22H,3-4,12-14,16-18H2,1-2H3,(H2,25,26,28). The van der Waals surface area contributed by atoms with Gasteiger partial charge in [-0.25, -0.2) is 4.79 Å². The minimum Gasteiger partial charge on any atom is -0.494 e. The molecule has 2 aromatic rings. The first-order chi connectivity index (χ1) is 14.6. The van der Waals surface area contributed by atoms with E-state index < -0.39 is 0 Å². The van der Waals surface area contributed by atoms with Gasteiger partial charge in [0.1, 0.15) is 5.75 Å². The van der Waals surface area contributed by atoms with E-state index >= 15 is 0 Å². The zero-order chi connectivity index (χ0) is 21.2. The first-order valence-corrected chi connectivity index (χ1v) is 10.8. The normalized spacial score (nSPS) is 16.8. The van der Waals surface area contributed by atoms with Crippen LogP contribution in [-0.2, 0) is 11.3 Å². The van der Waals surface area contributed by atoms with Crippen LogP contribution in [0.25, 0.3) is 0 Å². The molecule has 0 radical (unpaired) electrons. The third kappa shape index (κ3) is 7.04. The third-order valence-corrected chi connectivity index (χ3v) is 5.17. The first kappa shape index (κ1) is 22.1.